The Morgan fingerprint density at radius 3 is 3.05 bits per heavy atom. The molecule has 6 nitrogen and oxygen atoms in total. The second-order valence-electron chi connectivity index (χ2n) is 5.23. The zero-order valence-corrected chi connectivity index (χ0v) is 11.7. The van der Waals surface area contributed by atoms with Gasteiger partial charge < -0.3 is 20.2 Å². The van der Waals surface area contributed by atoms with Crippen LogP contribution in [-0.2, 0) is 0 Å². The van der Waals surface area contributed by atoms with E-state index in [1.807, 2.05) is 20.2 Å². The normalized spacial score (nSPS) is 19.8. The van der Waals surface area contributed by atoms with Crippen molar-refractivity contribution in [1.29, 1.82) is 0 Å². The summed E-state index contributed by atoms with van der Waals surface area (Å²) in [5.41, 5.74) is 0. The predicted octanol–water partition coefficient (Wildman–Crippen LogP) is 0.411. The monoisotopic (exact) mass is 265 g/mol. The number of likely N-dealkylation sites (N-methyl/N-ethyl adjacent to an activating group) is 1. The third-order valence-corrected chi connectivity index (χ3v) is 3.24. The first-order valence-electron chi connectivity index (χ1n) is 6.79. The number of aliphatic hydroxyl groups is 1. The van der Waals surface area contributed by atoms with Crippen LogP contribution in [-0.4, -0.2) is 66.4 Å². The van der Waals surface area contributed by atoms with Gasteiger partial charge in [0.15, 0.2) is 0 Å². The minimum absolute atomic E-state index is 0.242. The number of aliphatic hydroxyl groups excluding tert-OH is 1. The summed E-state index contributed by atoms with van der Waals surface area (Å²) in [4.78, 5) is 12.8. The molecule has 1 atom stereocenters. The molecule has 0 amide bonds. The molecule has 6 heteroatoms. The second-order valence-corrected chi connectivity index (χ2v) is 5.23. The van der Waals surface area contributed by atoms with Crippen LogP contribution in [0.15, 0.2) is 12.4 Å². The van der Waals surface area contributed by atoms with Gasteiger partial charge in [-0.3, -0.25) is 0 Å². The Morgan fingerprint density at radius 1 is 1.47 bits per heavy atom. The molecule has 0 spiro atoms. The maximum Gasteiger partial charge on any atom is 0.134 e. The van der Waals surface area contributed by atoms with Gasteiger partial charge in [0.2, 0.25) is 0 Å². The van der Waals surface area contributed by atoms with Crippen molar-refractivity contribution < 1.29 is 5.11 Å². The summed E-state index contributed by atoms with van der Waals surface area (Å²) in [5, 5.41) is 13.0. The van der Waals surface area contributed by atoms with E-state index in [0.29, 0.717) is 6.54 Å². The lowest BCUT2D eigenvalue weighted by Gasteiger charge is -2.31. The van der Waals surface area contributed by atoms with E-state index >= 15 is 0 Å². The van der Waals surface area contributed by atoms with Crippen molar-refractivity contribution in [3.8, 4) is 0 Å². The van der Waals surface area contributed by atoms with Gasteiger partial charge in [-0.25, -0.2) is 9.97 Å². The smallest absolute Gasteiger partial charge is 0.134 e. The van der Waals surface area contributed by atoms with Crippen molar-refractivity contribution in [3.63, 3.8) is 0 Å². The molecule has 2 heterocycles. The molecule has 1 aromatic heterocycles. The molecule has 0 aliphatic carbocycles. The van der Waals surface area contributed by atoms with Gasteiger partial charge in [-0.05, 0) is 26.9 Å². The fraction of sp³-hybridized carbons (Fsp3) is 0.692. The molecular weight excluding hydrogens is 242 g/mol. The average Bonchev–Trinajstić information content (AvgIpc) is 2.39. The summed E-state index contributed by atoms with van der Waals surface area (Å²) in [6.45, 7) is 3.42. The van der Waals surface area contributed by atoms with E-state index in [9.17, 15) is 5.11 Å². The number of nitrogens with zero attached hydrogens (tertiary/aromatic N) is 4. The fourth-order valence-electron chi connectivity index (χ4n) is 2.19. The lowest BCUT2D eigenvalue weighted by Crippen LogP contribution is -2.38. The molecule has 1 unspecified atom stereocenters. The maximum absolute atomic E-state index is 9.71. The lowest BCUT2D eigenvalue weighted by atomic mass is 10.1. The minimum Gasteiger partial charge on any atom is -0.391 e. The summed E-state index contributed by atoms with van der Waals surface area (Å²) in [7, 11) is 4.09. The van der Waals surface area contributed by atoms with Crippen LogP contribution in [0.2, 0.25) is 0 Å². The number of rotatable bonds is 5. The van der Waals surface area contributed by atoms with Crippen LogP contribution in [0.1, 0.15) is 12.8 Å². The van der Waals surface area contributed by atoms with Crippen molar-refractivity contribution in [2.24, 2.45) is 0 Å². The highest BCUT2D eigenvalue weighted by Crippen LogP contribution is 2.19. The molecule has 1 aliphatic rings. The molecule has 2 N–H and O–H groups in total. The zero-order valence-electron chi connectivity index (χ0n) is 11.7. The first kappa shape index (κ1) is 14.0. The molecule has 106 valence electrons. The molecule has 0 aromatic carbocycles. The van der Waals surface area contributed by atoms with Gasteiger partial charge in [0, 0.05) is 32.2 Å². The summed E-state index contributed by atoms with van der Waals surface area (Å²) in [5.74, 6) is 1.73. The Hall–Kier alpha value is -1.40. The number of nitrogens with one attached hydrogen (secondary N) is 1. The Morgan fingerprint density at radius 2 is 2.32 bits per heavy atom. The average molecular weight is 265 g/mol. The van der Waals surface area contributed by atoms with Crippen LogP contribution >= 0.6 is 0 Å². The van der Waals surface area contributed by atoms with Crippen LogP contribution < -0.4 is 10.2 Å². The second kappa shape index (κ2) is 6.68. The quantitative estimate of drug-likeness (QED) is 0.804. The van der Waals surface area contributed by atoms with Crippen molar-refractivity contribution in [1.82, 2.24) is 14.9 Å². The van der Waals surface area contributed by atoms with E-state index in [1.54, 1.807) is 6.33 Å². The molecule has 19 heavy (non-hydrogen) atoms. The van der Waals surface area contributed by atoms with E-state index in [4.69, 9.17) is 0 Å². The standard InChI is InChI=1S/C13H23N5O/c1-17(2)7-5-14-12-8-13(16-10-15-12)18-6-3-4-11(19)9-18/h8,10-11,19H,3-7,9H2,1-2H3,(H,14,15,16). The molecule has 1 fully saturated rings. The molecule has 2 rings (SSSR count). The Labute approximate surface area is 114 Å². The van der Waals surface area contributed by atoms with Gasteiger partial charge in [0.05, 0.1) is 6.10 Å². The van der Waals surface area contributed by atoms with Crippen LogP contribution in [0.25, 0.3) is 0 Å². The van der Waals surface area contributed by atoms with Crippen LogP contribution in [0.3, 0.4) is 0 Å². The number of hydrogen-bond acceptors (Lipinski definition) is 6. The zero-order chi connectivity index (χ0) is 13.7. The third-order valence-electron chi connectivity index (χ3n) is 3.24. The summed E-state index contributed by atoms with van der Waals surface area (Å²) in [6, 6.07) is 1.95. The molecule has 0 saturated carbocycles. The number of piperidine rings is 1. The van der Waals surface area contributed by atoms with Gasteiger partial charge in [0.25, 0.3) is 0 Å². The Kier molecular flexibility index (Phi) is 4.93. The number of anilines is 2. The first-order chi connectivity index (χ1) is 9.15. The lowest BCUT2D eigenvalue weighted by molar-refractivity contribution is 0.154. The third kappa shape index (κ3) is 4.33. The van der Waals surface area contributed by atoms with E-state index in [-0.39, 0.29) is 6.10 Å². The van der Waals surface area contributed by atoms with Gasteiger partial charge in [0.1, 0.15) is 18.0 Å². The molecule has 1 aromatic rings. The Bertz CT molecular complexity index is 398. The summed E-state index contributed by atoms with van der Waals surface area (Å²) < 4.78 is 0. The highest BCUT2D eigenvalue weighted by molar-refractivity contribution is 5.48. The predicted molar refractivity (Wildman–Crippen MR) is 76.5 cm³/mol. The summed E-state index contributed by atoms with van der Waals surface area (Å²) >= 11 is 0. The van der Waals surface area contributed by atoms with Gasteiger partial charge >= 0.3 is 0 Å². The fourth-order valence-corrected chi connectivity index (χ4v) is 2.19. The molecule has 1 aliphatic heterocycles. The van der Waals surface area contributed by atoms with Gasteiger partial charge in [-0.2, -0.15) is 0 Å². The number of hydrogen-bond donors (Lipinski definition) is 2. The van der Waals surface area contributed by atoms with Crippen LogP contribution in [0, 0.1) is 0 Å². The van der Waals surface area contributed by atoms with E-state index in [0.717, 1.165) is 44.1 Å². The molecule has 0 bridgehead atoms. The summed E-state index contributed by atoms with van der Waals surface area (Å²) in [6.07, 6.45) is 3.23. The topological polar surface area (TPSA) is 64.5 Å². The maximum atomic E-state index is 9.71. The van der Waals surface area contributed by atoms with E-state index in [2.05, 4.69) is 25.1 Å². The Balaban J connectivity index is 1.94. The molecule has 1 saturated heterocycles. The van der Waals surface area contributed by atoms with Crippen LogP contribution in [0.5, 0.6) is 0 Å². The van der Waals surface area contributed by atoms with E-state index < -0.39 is 0 Å². The van der Waals surface area contributed by atoms with Crippen molar-refractivity contribution in [2.75, 3.05) is 50.5 Å². The number of β-amino-alcohol motifs (C(OH)–C–C–N with tert-alkyl or cyclic N) is 1. The highest BCUT2D eigenvalue weighted by Gasteiger charge is 2.19. The largest absolute Gasteiger partial charge is 0.391 e. The van der Waals surface area contributed by atoms with Gasteiger partial charge in [-0.1, -0.05) is 0 Å². The van der Waals surface area contributed by atoms with Crippen molar-refractivity contribution >= 4 is 11.6 Å². The SMILES string of the molecule is CN(C)CCNc1cc(N2CCCC(O)C2)ncn1. The highest BCUT2D eigenvalue weighted by atomic mass is 16.3. The first-order valence-corrected chi connectivity index (χ1v) is 6.79. The molecular formula is C13H23N5O. The van der Waals surface area contributed by atoms with Crippen molar-refractivity contribution in [3.05, 3.63) is 12.4 Å². The van der Waals surface area contributed by atoms with Gasteiger partial charge in [-0.15, -0.1) is 0 Å². The molecule has 0 radical (unpaired) electrons. The number of aromatic nitrogens is 2. The minimum atomic E-state index is -0.242. The van der Waals surface area contributed by atoms with Crippen LogP contribution in [0.4, 0.5) is 11.6 Å². The van der Waals surface area contributed by atoms with Crippen molar-refractivity contribution in [2.45, 2.75) is 18.9 Å². The van der Waals surface area contributed by atoms with E-state index in [1.165, 1.54) is 0 Å².